The van der Waals surface area contributed by atoms with Crippen LogP contribution in [0.2, 0.25) is 0 Å². The first-order valence-corrected chi connectivity index (χ1v) is 8.05. The first kappa shape index (κ1) is 14.2. The van der Waals surface area contributed by atoms with Gasteiger partial charge in [0.05, 0.1) is 11.4 Å². The van der Waals surface area contributed by atoms with Gasteiger partial charge in [-0.25, -0.2) is 13.1 Å². The first-order chi connectivity index (χ1) is 9.01. The van der Waals surface area contributed by atoms with Gasteiger partial charge in [0.25, 0.3) is 0 Å². The Kier molecular flexibility index (Phi) is 4.33. The van der Waals surface area contributed by atoms with Crippen molar-refractivity contribution in [3.8, 4) is 0 Å². The van der Waals surface area contributed by atoms with Crippen LogP contribution in [-0.2, 0) is 21.9 Å². The maximum atomic E-state index is 12.0. The molecule has 0 aliphatic heterocycles. The highest BCUT2D eigenvalue weighted by Gasteiger charge is 2.15. The van der Waals surface area contributed by atoms with Crippen LogP contribution in [0, 0.1) is 6.92 Å². The molecule has 0 bridgehead atoms. The van der Waals surface area contributed by atoms with E-state index in [0.29, 0.717) is 11.2 Å². The van der Waals surface area contributed by atoms with Gasteiger partial charge in [0, 0.05) is 5.33 Å². The fourth-order valence-electron chi connectivity index (χ4n) is 1.41. The van der Waals surface area contributed by atoms with Crippen molar-refractivity contribution in [3.05, 3.63) is 41.5 Å². The summed E-state index contributed by atoms with van der Waals surface area (Å²) in [6.07, 6.45) is 0. The molecule has 0 aliphatic rings. The molecule has 2 rings (SSSR count). The number of hydrogen-bond acceptors (Lipinski definition) is 5. The molecule has 1 N–H and O–H groups in total. The zero-order chi connectivity index (χ0) is 13.9. The molecule has 0 amide bonds. The van der Waals surface area contributed by atoms with Crippen LogP contribution >= 0.6 is 15.9 Å². The molecule has 0 aliphatic carbocycles. The molecular formula is C11H12BrN3O3S. The Morgan fingerprint density at radius 1 is 1.32 bits per heavy atom. The normalized spacial score (nSPS) is 11.7. The molecule has 0 spiro atoms. The summed E-state index contributed by atoms with van der Waals surface area (Å²) in [4.78, 5) is 4.13. The van der Waals surface area contributed by atoms with Crippen molar-refractivity contribution in [1.29, 1.82) is 0 Å². The van der Waals surface area contributed by atoms with Gasteiger partial charge in [-0.1, -0.05) is 33.2 Å². The predicted molar refractivity (Wildman–Crippen MR) is 72.1 cm³/mol. The van der Waals surface area contributed by atoms with E-state index in [1.54, 1.807) is 31.2 Å². The fraction of sp³-hybridized carbons (Fsp3) is 0.273. The predicted octanol–water partition coefficient (Wildman–Crippen LogP) is 1.75. The molecule has 0 saturated carbocycles. The van der Waals surface area contributed by atoms with Gasteiger partial charge in [-0.15, -0.1) is 0 Å². The van der Waals surface area contributed by atoms with Crippen LogP contribution in [0.15, 0.2) is 33.7 Å². The smallest absolute Gasteiger partial charge is 0.241 e. The summed E-state index contributed by atoms with van der Waals surface area (Å²) in [5.74, 6) is 0.703. The number of halogens is 1. The third-order valence-corrected chi connectivity index (χ3v) is 4.44. The topological polar surface area (TPSA) is 85.1 Å². The van der Waals surface area contributed by atoms with Gasteiger partial charge in [-0.3, -0.25) is 0 Å². The lowest BCUT2D eigenvalue weighted by atomic mass is 10.2. The van der Waals surface area contributed by atoms with Crippen LogP contribution in [0.4, 0.5) is 0 Å². The lowest BCUT2D eigenvalue weighted by Gasteiger charge is -2.05. The van der Waals surface area contributed by atoms with E-state index in [1.165, 1.54) is 0 Å². The zero-order valence-corrected chi connectivity index (χ0v) is 12.5. The molecule has 0 fully saturated rings. The van der Waals surface area contributed by atoms with E-state index in [4.69, 9.17) is 4.52 Å². The Morgan fingerprint density at radius 3 is 2.53 bits per heavy atom. The highest BCUT2D eigenvalue weighted by Crippen LogP contribution is 2.12. The minimum atomic E-state index is -3.57. The van der Waals surface area contributed by atoms with Gasteiger partial charge in [-0.2, -0.15) is 4.98 Å². The zero-order valence-electron chi connectivity index (χ0n) is 10.1. The number of sulfonamides is 1. The van der Waals surface area contributed by atoms with Gasteiger partial charge >= 0.3 is 0 Å². The second-order valence-corrected chi connectivity index (χ2v) is 6.17. The Morgan fingerprint density at radius 2 is 2.00 bits per heavy atom. The molecule has 8 heteroatoms. The molecule has 0 atom stereocenters. The summed E-state index contributed by atoms with van der Waals surface area (Å²) in [5, 5.41) is 4.27. The van der Waals surface area contributed by atoms with E-state index in [9.17, 15) is 8.42 Å². The van der Waals surface area contributed by atoms with Crippen molar-refractivity contribution in [2.75, 3.05) is 0 Å². The largest absolute Gasteiger partial charge is 0.338 e. The van der Waals surface area contributed by atoms with Crippen molar-refractivity contribution in [2.24, 2.45) is 0 Å². The molecule has 1 aromatic heterocycles. The molecule has 0 unspecified atom stereocenters. The number of rotatable bonds is 5. The van der Waals surface area contributed by atoms with Crippen molar-refractivity contribution in [2.45, 2.75) is 23.7 Å². The maximum Gasteiger partial charge on any atom is 0.241 e. The summed E-state index contributed by atoms with van der Waals surface area (Å²) < 4.78 is 31.2. The molecule has 1 heterocycles. The molecule has 6 nitrogen and oxygen atoms in total. The number of nitrogens with zero attached hydrogens (tertiary/aromatic N) is 2. The van der Waals surface area contributed by atoms with Gasteiger partial charge in [0.1, 0.15) is 0 Å². The number of alkyl halides is 1. The average Bonchev–Trinajstić information content (AvgIpc) is 2.82. The summed E-state index contributed by atoms with van der Waals surface area (Å²) in [7, 11) is -3.57. The van der Waals surface area contributed by atoms with Crippen molar-refractivity contribution < 1.29 is 12.9 Å². The molecule has 102 valence electrons. The van der Waals surface area contributed by atoms with E-state index in [0.717, 1.165) is 5.56 Å². The number of aryl methyl sites for hydroxylation is 1. The van der Waals surface area contributed by atoms with E-state index in [2.05, 4.69) is 30.8 Å². The monoisotopic (exact) mass is 345 g/mol. The Labute approximate surface area is 119 Å². The molecular weight excluding hydrogens is 334 g/mol. The molecule has 19 heavy (non-hydrogen) atoms. The van der Waals surface area contributed by atoms with Crippen LogP contribution in [-0.4, -0.2) is 18.6 Å². The molecule has 0 saturated heterocycles. The van der Waals surface area contributed by atoms with Gasteiger partial charge in [0.2, 0.25) is 15.9 Å². The standard InChI is InChI=1S/C11H12BrN3O3S/c1-8-14-11(18-15-8)7-13-19(16,17)10-4-2-9(6-12)3-5-10/h2-5,13H,6-7H2,1H3. The lowest BCUT2D eigenvalue weighted by molar-refractivity contribution is 0.372. The summed E-state index contributed by atoms with van der Waals surface area (Å²) in [6, 6.07) is 6.61. The van der Waals surface area contributed by atoms with Gasteiger partial charge in [-0.05, 0) is 24.6 Å². The van der Waals surface area contributed by atoms with Crippen LogP contribution in [0.1, 0.15) is 17.3 Å². The highest BCUT2D eigenvalue weighted by molar-refractivity contribution is 9.08. The molecule has 2 aromatic rings. The Bertz CT molecular complexity index is 652. The summed E-state index contributed by atoms with van der Waals surface area (Å²) in [6.45, 7) is 1.64. The second-order valence-electron chi connectivity index (χ2n) is 3.84. The van der Waals surface area contributed by atoms with Gasteiger partial charge in [0.15, 0.2) is 5.82 Å². The quantitative estimate of drug-likeness (QED) is 0.834. The van der Waals surface area contributed by atoms with Crippen molar-refractivity contribution >= 4 is 26.0 Å². The van der Waals surface area contributed by atoms with Crippen molar-refractivity contribution in [3.63, 3.8) is 0 Å². The summed E-state index contributed by atoms with van der Waals surface area (Å²) in [5.41, 5.74) is 1.01. The third kappa shape index (κ3) is 3.62. The highest BCUT2D eigenvalue weighted by atomic mass is 79.9. The fourth-order valence-corrected chi connectivity index (χ4v) is 2.76. The van der Waals surface area contributed by atoms with E-state index >= 15 is 0 Å². The number of nitrogens with one attached hydrogen (secondary N) is 1. The van der Waals surface area contributed by atoms with E-state index in [1.807, 2.05) is 0 Å². The van der Waals surface area contributed by atoms with E-state index in [-0.39, 0.29) is 17.3 Å². The summed E-state index contributed by atoms with van der Waals surface area (Å²) >= 11 is 3.30. The van der Waals surface area contributed by atoms with Gasteiger partial charge < -0.3 is 4.52 Å². The minimum Gasteiger partial charge on any atom is -0.338 e. The third-order valence-electron chi connectivity index (χ3n) is 2.37. The molecule has 1 aromatic carbocycles. The number of benzene rings is 1. The van der Waals surface area contributed by atoms with Crippen LogP contribution in [0.25, 0.3) is 0 Å². The number of hydrogen-bond donors (Lipinski definition) is 1. The maximum absolute atomic E-state index is 12.0. The lowest BCUT2D eigenvalue weighted by Crippen LogP contribution is -2.23. The second kappa shape index (κ2) is 5.81. The Balaban J connectivity index is 2.09. The van der Waals surface area contributed by atoms with Crippen molar-refractivity contribution in [1.82, 2.24) is 14.9 Å². The van der Waals surface area contributed by atoms with Crippen LogP contribution in [0.5, 0.6) is 0 Å². The van der Waals surface area contributed by atoms with Crippen LogP contribution < -0.4 is 4.72 Å². The average molecular weight is 346 g/mol. The Hall–Kier alpha value is -1.25. The first-order valence-electron chi connectivity index (χ1n) is 5.45. The SMILES string of the molecule is Cc1noc(CNS(=O)(=O)c2ccc(CBr)cc2)n1. The molecule has 0 radical (unpaired) electrons. The van der Waals surface area contributed by atoms with E-state index < -0.39 is 10.0 Å². The minimum absolute atomic E-state index is 0.0244. The van der Waals surface area contributed by atoms with Crippen LogP contribution in [0.3, 0.4) is 0 Å². The number of aromatic nitrogens is 2.